The predicted molar refractivity (Wildman–Crippen MR) is 72.8 cm³/mol. The lowest BCUT2D eigenvalue weighted by Crippen LogP contribution is -2.30. The minimum absolute atomic E-state index is 0.201. The average molecular weight is 235 g/mol. The first kappa shape index (κ1) is 14.0. The summed E-state index contributed by atoms with van der Waals surface area (Å²) in [7, 11) is 0. The topological polar surface area (TPSA) is 20.3 Å². The van der Waals surface area contributed by atoms with Crippen LogP contribution in [0.3, 0.4) is 0 Å². The van der Waals surface area contributed by atoms with Crippen molar-refractivity contribution in [2.24, 2.45) is 5.92 Å². The zero-order valence-electron chi connectivity index (χ0n) is 11.2. The Bertz CT molecular complexity index is 277. The van der Waals surface area contributed by atoms with Crippen molar-refractivity contribution in [1.82, 2.24) is 4.90 Å². The van der Waals surface area contributed by atoms with Gasteiger partial charge in [0, 0.05) is 20.0 Å². The van der Waals surface area contributed by atoms with E-state index in [0.29, 0.717) is 0 Å². The summed E-state index contributed by atoms with van der Waals surface area (Å²) < 4.78 is 0. The first-order chi connectivity index (χ1) is 8.24. The molecule has 1 amide bonds. The summed E-state index contributed by atoms with van der Waals surface area (Å²) in [6, 6.07) is 0. The van der Waals surface area contributed by atoms with E-state index in [9.17, 15) is 4.79 Å². The number of hydrogen-bond acceptors (Lipinski definition) is 1. The van der Waals surface area contributed by atoms with Gasteiger partial charge in [-0.2, -0.15) is 0 Å². The molecule has 17 heavy (non-hydrogen) atoms. The maximum absolute atomic E-state index is 11.4. The molecule has 0 N–H and O–H groups in total. The van der Waals surface area contributed by atoms with Crippen LogP contribution in [0.5, 0.6) is 0 Å². The van der Waals surface area contributed by atoms with Gasteiger partial charge in [-0.15, -0.1) is 0 Å². The summed E-state index contributed by atoms with van der Waals surface area (Å²) in [5.41, 5.74) is 0. The summed E-state index contributed by atoms with van der Waals surface area (Å²) in [5.74, 6) is 0.979. The lowest BCUT2D eigenvalue weighted by molar-refractivity contribution is -0.128. The number of hydrogen-bond donors (Lipinski definition) is 0. The molecule has 2 heteroatoms. The summed E-state index contributed by atoms with van der Waals surface area (Å²) in [5, 5.41) is 0. The molecule has 0 unspecified atom stereocenters. The van der Waals surface area contributed by atoms with E-state index in [-0.39, 0.29) is 5.91 Å². The van der Waals surface area contributed by atoms with Crippen LogP contribution in [-0.2, 0) is 4.79 Å². The number of carbonyl (C=O) groups excluding carboxylic acids is 1. The van der Waals surface area contributed by atoms with E-state index in [2.05, 4.69) is 31.2 Å². The molecule has 0 atom stereocenters. The van der Waals surface area contributed by atoms with E-state index >= 15 is 0 Å². The van der Waals surface area contributed by atoms with Gasteiger partial charge in [0.2, 0.25) is 5.91 Å². The zero-order valence-corrected chi connectivity index (χ0v) is 11.2. The molecule has 1 saturated carbocycles. The molecule has 1 aliphatic rings. The molecular weight excluding hydrogens is 210 g/mol. The second-order valence-electron chi connectivity index (χ2n) is 4.80. The highest BCUT2D eigenvalue weighted by Crippen LogP contribution is 2.29. The molecule has 0 radical (unpaired) electrons. The third-order valence-corrected chi connectivity index (χ3v) is 3.02. The van der Waals surface area contributed by atoms with Gasteiger partial charge in [-0.25, -0.2) is 0 Å². The normalized spacial score (nSPS) is 15.9. The van der Waals surface area contributed by atoms with Crippen LogP contribution in [-0.4, -0.2) is 23.9 Å². The molecule has 1 aliphatic carbocycles. The van der Waals surface area contributed by atoms with Gasteiger partial charge in [0.05, 0.1) is 0 Å². The Morgan fingerprint density at radius 1 is 1.18 bits per heavy atom. The quantitative estimate of drug-likeness (QED) is 0.465. The minimum atomic E-state index is 0.201. The van der Waals surface area contributed by atoms with Gasteiger partial charge in [-0.1, -0.05) is 31.2 Å². The largest absolute Gasteiger partial charge is 0.339 e. The third kappa shape index (κ3) is 6.98. The molecule has 0 heterocycles. The Labute approximate surface area is 105 Å². The highest BCUT2D eigenvalue weighted by molar-refractivity contribution is 5.73. The Balaban J connectivity index is 2.14. The molecular formula is C15H25NO. The fourth-order valence-electron chi connectivity index (χ4n) is 1.74. The van der Waals surface area contributed by atoms with Gasteiger partial charge < -0.3 is 4.90 Å². The molecule has 0 aromatic carbocycles. The summed E-state index contributed by atoms with van der Waals surface area (Å²) in [6.07, 6.45) is 14.6. The number of carbonyl (C=O) groups is 1. The first-order valence-electron chi connectivity index (χ1n) is 6.79. The minimum Gasteiger partial charge on any atom is -0.339 e. The highest BCUT2D eigenvalue weighted by Gasteiger charge is 2.24. The molecule has 0 bridgehead atoms. The zero-order chi connectivity index (χ0) is 12.5. The van der Waals surface area contributed by atoms with Gasteiger partial charge in [0.15, 0.2) is 0 Å². The molecule has 0 aromatic rings. The van der Waals surface area contributed by atoms with Gasteiger partial charge in [-0.05, 0) is 38.0 Å². The summed E-state index contributed by atoms with van der Waals surface area (Å²) in [4.78, 5) is 13.3. The van der Waals surface area contributed by atoms with Gasteiger partial charge in [0.25, 0.3) is 0 Å². The predicted octanol–water partition coefficient (Wildman–Crippen LogP) is 3.55. The Kier molecular flexibility index (Phi) is 6.68. The standard InChI is InChI=1S/C15H25NO/c1-3-4-5-6-7-8-9-12-16(14(2)17)13-15-10-11-15/h4-5,8-9,15H,3,6-7,10-13H2,1-2H3/b5-4-,9-8-. The second-order valence-corrected chi connectivity index (χ2v) is 4.80. The van der Waals surface area contributed by atoms with E-state index in [4.69, 9.17) is 0 Å². The Morgan fingerprint density at radius 3 is 2.35 bits per heavy atom. The fourth-order valence-corrected chi connectivity index (χ4v) is 1.74. The average Bonchev–Trinajstić information content (AvgIpc) is 3.10. The van der Waals surface area contributed by atoms with Crippen molar-refractivity contribution in [2.45, 2.75) is 46.0 Å². The SMILES string of the molecule is CC/C=C\CC/C=C\CN(CC1CC1)C(C)=O. The number of allylic oxidation sites excluding steroid dienone is 3. The van der Waals surface area contributed by atoms with Crippen molar-refractivity contribution in [2.75, 3.05) is 13.1 Å². The van der Waals surface area contributed by atoms with E-state index in [1.54, 1.807) is 6.92 Å². The van der Waals surface area contributed by atoms with Crippen molar-refractivity contribution in [3.05, 3.63) is 24.3 Å². The summed E-state index contributed by atoms with van der Waals surface area (Å²) >= 11 is 0. The van der Waals surface area contributed by atoms with Crippen molar-refractivity contribution < 1.29 is 4.79 Å². The number of unbranched alkanes of at least 4 members (excludes halogenated alkanes) is 1. The van der Waals surface area contributed by atoms with Crippen LogP contribution in [0.2, 0.25) is 0 Å². The van der Waals surface area contributed by atoms with Crippen molar-refractivity contribution in [1.29, 1.82) is 0 Å². The van der Waals surface area contributed by atoms with Gasteiger partial charge in [-0.3, -0.25) is 4.79 Å². The van der Waals surface area contributed by atoms with E-state index < -0.39 is 0 Å². The van der Waals surface area contributed by atoms with E-state index in [0.717, 1.165) is 38.3 Å². The maximum Gasteiger partial charge on any atom is 0.219 e. The lowest BCUT2D eigenvalue weighted by atomic mass is 10.2. The van der Waals surface area contributed by atoms with Crippen LogP contribution in [0.15, 0.2) is 24.3 Å². The van der Waals surface area contributed by atoms with Crippen LogP contribution in [0, 0.1) is 5.92 Å². The van der Waals surface area contributed by atoms with Crippen molar-refractivity contribution in [3.63, 3.8) is 0 Å². The number of amides is 1. The van der Waals surface area contributed by atoms with Crippen LogP contribution in [0.4, 0.5) is 0 Å². The molecule has 0 aliphatic heterocycles. The third-order valence-electron chi connectivity index (χ3n) is 3.02. The van der Waals surface area contributed by atoms with Gasteiger partial charge >= 0.3 is 0 Å². The highest BCUT2D eigenvalue weighted by atomic mass is 16.2. The molecule has 1 rings (SSSR count). The van der Waals surface area contributed by atoms with E-state index in [1.165, 1.54) is 12.8 Å². The number of nitrogens with zero attached hydrogens (tertiary/aromatic N) is 1. The van der Waals surface area contributed by atoms with Crippen LogP contribution < -0.4 is 0 Å². The molecule has 2 nitrogen and oxygen atoms in total. The molecule has 1 fully saturated rings. The van der Waals surface area contributed by atoms with Crippen LogP contribution in [0.1, 0.15) is 46.0 Å². The molecule has 0 aromatic heterocycles. The molecule has 96 valence electrons. The summed E-state index contributed by atoms with van der Waals surface area (Å²) in [6.45, 7) is 5.55. The fraction of sp³-hybridized carbons (Fsp3) is 0.667. The second kappa shape index (κ2) is 8.10. The molecule has 0 saturated heterocycles. The van der Waals surface area contributed by atoms with Crippen molar-refractivity contribution >= 4 is 5.91 Å². The Morgan fingerprint density at radius 2 is 1.82 bits per heavy atom. The van der Waals surface area contributed by atoms with E-state index in [1.807, 2.05) is 4.90 Å². The molecule has 0 spiro atoms. The van der Waals surface area contributed by atoms with Crippen molar-refractivity contribution in [3.8, 4) is 0 Å². The number of rotatable bonds is 8. The first-order valence-corrected chi connectivity index (χ1v) is 6.79. The lowest BCUT2D eigenvalue weighted by Gasteiger charge is -2.18. The van der Waals surface area contributed by atoms with Crippen LogP contribution >= 0.6 is 0 Å². The monoisotopic (exact) mass is 235 g/mol. The smallest absolute Gasteiger partial charge is 0.219 e. The van der Waals surface area contributed by atoms with Gasteiger partial charge in [0.1, 0.15) is 0 Å². The Hall–Kier alpha value is -1.05. The van der Waals surface area contributed by atoms with Crippen LogP contribution in [0.25, 0.3) is 0 Å². The maximum atomic E-state index is 11.4.